The molecule has 0 saturated heterocycles. The summed E-state index contributed by atoms with van der Waals surface area (Å²) in [4.78, 5) is 10.1. The number of hydrogen-bond acceptors (Lipinski definition) is 3. The lowest BCUT2D eigenvalue weighted by Crippen LogP contribution is -2.00. The molecule has 0 bridgehead atoms. The van der Waals surface area contributed by atoms with Crippen LogP contribution in [0.4, 0.5) is 0 Å². The van der Waals surface area contributed by atoms with Crippen molar-refractivity contribution in [2.75, 3.05) is 0 Å². The molecule has 1 heterocycles. The predicted molar refractivity (Wildman–Crippen MR) is 72.5 cm³/mol. The summed E-state index contributed by atoms with van der Waals surface area (Å²) in [5, 5.41) is 8.27. The van der Waals surface area contributed by atoms with Crippen LogP contribution < -0.4 is 0 Å². The minimum Gasteiger partial charge on any atom is -0.303 e. The molecule has 0 amide bonds. The van der Waals surface area contributed by atoms with E-state index in [0.29, 0.717) is 6.04 Å². The predicted octanol–water partition coefficient (Wildman–Crippen LogP) is 3.33. The molecule has 1 aromatic rings. The Morgan fingerprint density at radius 1 is 1.17 bits per heavy atom. The Labute approximate surface area is 110 Å². The SMILES string of the molecule is CC(C)n1cc(CCCCCCCCC=O)nn1. The van der Waals surface area contributed by atoms with Gasteiger partial charge in [0, 0.05) is 18.7 Å². The fourth-order valence-electron chi connectivity index (χ4n) is 1.92. The average Bonchev–Trinajstić information content (AvgIpc) is 2.81. The summed E-state index contributed by atoms with van der Waals surface area (Å²) in [6, 6.07) is 0.393. The van der Waals surface area contributed by atoms with Gasteiger partial charge in [-0.1, -0.05) is 30.9 Å². The van der Waals surface area contributed by atoms with Gasteiger partial charge in [-0.05, 0) is 33.1 Å². The first-order valence-electron chi connectivity index (χ1n) is 7.08. The van der Waals surface area contributed by atoms with E-state index in [0.717, 1.165) is 31.2 Å². The standard InChI is InChI=1S/C14H25N3O/c1-13(2)17-12-14(15-16-17)10-8-6-4-3-5-7-9-11-18/h11-13H,3-10H2,1-2H3. The molecular weight excluding hydrogens is 226 g/mol. The fraction of sp³-hybridized carbons (Fsp3) is 0.786. The quantitative estimate of drug-likeness (QED) is 0.473. The van der Waals surface area contributed by atoms with Crippen molar-refractivity contribution < 1.29 is 4.79 Å². The van der Waals surface area contributed by atoms with Crippen molar-refractivity contribution in [2.24, 2.45) is 0 Å². The third kappa shape index (κ3) is 5.94. The number of rotatable bonds is 10. The Kier molecular flexibility index (Phi) is 7.30. The second-order valence-electron chi connectivity index (χ2n) is 5.11. The van der Waals surface area contributed by atoms with Crippen LogP contribution in [-0.4, -0.2) is 21.3 Å². The molecule has 18 heavy (non-hydrogen) atoms. The fourth-order valence-corrected chi connectivity index (χ4v) is 1.92. The first-order chi connectivity index (χ1) is 8.74. The van der Waals surface area contributed by atoms with Gasteiger partial charge in [-0.2, -0.15) is 0 Å². The molecule has 1 rings (SSSR count). The second kappa shape index (κ2) is 8.84. The van der Waals surface area contributed by atoms with Crippen LogP contribution in [0.5, 0.6) is 0 Å². The Morgan fingerprint density at radius 3 is 2.44 bits per heavy atom. The van der Waals surface area contributed by atoms with E-state index in [1.165, 1.54) is 32.1 Å². The zero-order chi connectivity index (χ0) is 13.2. The molecule has 0 aliphatic carbocycles. The second-order valence-corrected chi connectivity index (χ2v) is 5.11. The van der Waals surface area contributed by atoms with E-state index in [1.54, 1.807) is 0 Å². The van der Waals surface area contributed by atoms with Crippen LogP contribution in [0, 0.1) is 0 Å². The molecule has 0 aliphatic heterocycles. The summed E-state index contributed by atoms with van der Waals surface area (Å²) in [5.41, 5.74) is 1.10. The van der Waals surface area contributed by atoms with Crippen molar-refractivity contribution in [1.29, 1.82) is 0 Å². The lowest BCUT2D eigenvalue weighted by Gasteiger charge is -2.01. The molecule has 0 saturated carbocycles. The van der Waals surface area contributed by atoms with Crippen LogP contribution in [0.1, 0.15) is 70.5 Å². The number of aryl methyl sites for hydroxylation is 1. The van der Waals surface area contributed by atoms with Gasteiger partial charge in [0.2, 0.25) is 0 Å². The Hall–Kier alpha value is -1.19. The van der Waals surface area contributed by atoms with Crippen molar-refractivity contribution >= 4 is 6.29 Å². The van der Waals surface area contributed by atoms with E-state index in [1.807, 2.05) is 4.68 Å². The molecule has 4 heteroatoms. The number of hydrogen-bond donors (Lipinski definition) is 0. The molecule has 0 N–H and O–H groups in total. The lowest BCUT2D eigenvalue weighted by atomic mass is 10.1. The number of carbonyl (C=O) groups excluding carboxylic acids is 1. The number of aldehydes is 1. The van der Waals surface area contributed by atoms with Crippen LogP contribution in [0.2, 0.25) is 0 Å². The van der Waals surface area contributed by atoms with E-state index >= 15 is 0 Å². The maximum absolute atomic E-state index is 10.1. The van der Waals surface area contributed by atoms with Gasteiger partial charge in [0.1, 0.15) is 6.29 Å². The number of unbranched alkanes of at least 4 members (excludes halogenated alkanes) is 6. The molecule has 0 aromatic carbocycles. The first kappa shape index (κ1) is 14.9. The van der Waals surface area contributed by atoms with Crippen LogP contribution in [0.15, 0.2) is 6.20 Å². The molecular formula is C14H25N3O. The normalized spacial score (nSPS) is 11.1. The summed E-state index contributed by atoms with van der Waals surface area (Å²) >= 11 is 0. The van der Waals surface area contributed by atoms with Crippen LogP contribution in [-0.2, 0) is 11.2 Å². The maximum Gasteiger partial charge on any atom is 0.119 e. The smallest absolute Gasteiger partial charge is 0.119 e. The summed E-state index contributed by atoms with van der Waals surface area (Å²) in [6.45, 7) is 4.22. The van der Waals surface area contributed by atoms with Gasteiger partial charge in [-0.25, -0.2) is 4.68 Å². The minimum absolute atomic E-state index is 0.393. The van der Waals surface area contributed by atoms with Gasteiger partial charge in [0.15, 0.2) is 0 Å². The Bertz CT molecular complexity index is 334. The molecule has 4 nitrogen and oxygen atoms in total. The highest BCUT2D eigenvalue weighted by Gasteiger charge is 2.02. The van der Waals surface area contributed by atoms with E-state index in [-0.39, 0.29) is 0 Å². The van der Waals surface area contributed by atoms with Crippen molar-refractivity contribution in [3.05, 3.63) is 11.9 Å². The zero-order valence-corrected chi connectivity index (χ0v) is 11.6. The minimum atomic E-state index is 0.393. The van der Waals surface area contributed by atoms with Crippen LogP contribution in [0.25, 0.3) is 0 Å². The van der Waals surface area contributed by atoms with Crippen molar-refractivity contribution in [1.82, 2.24) is 15.0 Å². The molecule has 0 radical (unpaired) electrons. The van der Waals surface area contributed by atoms with Gasteiger partial charge in [-0.3, -0.25) is 0 Å². The molecule has 0 unspecified atom stereocenters. The number of carbonyl (C=O) groups is 1. The molecule has 1 aromatic heterocycles. The molecule has 0 atom stereocenters. The average molecular weight is 251 g/mol. The van der Waals surface area contributed by atoms with Gasteiger partial charge in [0.05, 0.1) is 5.69 Å². The van der Waals surface area contributed by atoms with Crippen molar-refractivity contribution in [3.63, 3.8) is 0 Å². The van der Waals surface area contributed by atoms with Crippen molar-refractivity contribution in [3.8, 4) is 0 Å². The topological polar surface area (TPSA) is 47.8 Å². The Morgan fingerprint density at radius 2 is 1.83 bits per heavy atom. The molecule has 102 valence electrons. The third-order valence-corrected chi connectivity index (χ3v) is 3.09. The summed E-state index contributed by atoms with van der Waals surface area (Å²) in [5.74, 6) is 0. The van der Waals surface area contributed by atoms with E-state index in [9.17, 15) is 4.79 Å². The van der Waals surface area contributed by atoms with Gasteiger partial charge in [0.25, 0.3) is 0 Å². The largest absolute Gasteiger partial charge is 0.303 e. The molecule has 0 spiro atoms. The third-order valence-electron chi connectivity index (χ3n) is 3.09. The van der Waals surface area contributed by atoms with Gasteiger partial charge >= 0.3 is 0 Å². The van der Waals surface area contributed by atoms with Crippen molar-refractivity contribution in [2.45, 2.75) is 71.3 Å². The zero-order valence-electron chi connectivity index (χ0n) is 11.6. The maximum atomic E-state index is 10.1. The summed E-state index contributed by atoms with van der Waals surface area (Å²) < 4.78 is 1.91. The highest BCUT2D eigenvalue weighted by atomic mass is 16.1. The van der Waals surface area contributed by atoms with E-state index in [4.69, 9.17) is 0 Å². The number of nitrogens with zero attached hydrogens (tertiary/aromatic N) is 3. The monoisotopic (exact) mass is 251 g/mol. The highest BCUT2D eigenvalue weighted by molar-refractivity contribution is 5.48. The molecule has 0 aliphatic rings. The van der Waals surface area contributed by atoms with Crippen LogP contribution in [0.3, 0.4) is 0 Å². The Balaban J connectivity index is 2.01. The summed E-state index contributed by atoms with van der Waals surface area (Å²) in [7, 11) is 0. The highest BCUT2D eigenvalue weighted by Crippen LogP contribution is 2.10. The van der Waals surface area contributed by atoms with Crippen LogP contribution >= 0.6 is 0 Å². The van der Waals surface area contributed by atoms with E-state index < -0.39 is 0 Å². The lowest BCUT2D eigenvalue weighted by molar-refractivity contribution is -0.107. The molecule has 0 fully saturated rings. The van der Waals surface area contributed by atoms with Gasteiger partial charge in [-0.15, -0.1) is 5.10 Å². The first-order valence-corrected chi connectivity index (χ1v) is 7.08. The number of aromatic nitrogens is 3. The van der Waals surface area contributed by atoms with E-state index in [2.05, 4.69) is 30.4 Å². The summed E-state index contributed by atoms with van der Waals surface area (Å²) in [6.07, 6.45) is 12.0. The van der Waals surface area contributed by atoms with Gasteiger partial charge < -0.3 is 4.79 Å².